The van der Waals surface area contributed by atoms with Crippen LogP contribution in [0.4, 0.5) is 5.69 Å². The smallest absolute Gasteiger partial charge is 0.280 e. The summed E-state index contributed by atoms with van der Waals surface area (Å²) in [6, 6.07) is 26.7. The van der Waals surface area contributed by atoms with E-state index in [0.29, 0.717) is 6.61 Å². The van der Waals surface area contributed by atoms with Gasteiger partial charge in [0.2, 0.25) is 5.75 Å². The number of nitro benzene ring substituents is 1. The van der Waals surface area contributed by atoms with Crippen LogP contribution in [0.3, 0.4) is 0 Å². The number of hydrogen-bond acceptors (Lipinski definition) is 3. The first-order valence-corrected chi connectivity index (χ1v) is 9.62. The molecule has 0 unspecified atom stereocenters. The van der Waals surface area contributed by atoms with Gasteiger partial charge in [0.1, 0.15) is 6.61 Å². The van der Waals surface area contributed by atoms with Crippen molar-refractivity contribution in [3.05, 3.63) is 101 Å². The molecule has 30 heavy (non-hydrogen) atoms. The van der Waals surface area contributed by atoms with Gasteiger partial charge in [-0.2, -0.15) is 4.68 Å². The van der Waals surface area contributed by atoms with Crippen LogP contribution in [-0.2, 0) is 20.7 Å². The SMILES string of the molecule is Cn1c(-c2ccccc2)c(OCc2ccc([N+](=O)[O-])cc2)c(-c2ccccc2)[n+]1C. The number of rotatable bonds is 6. The Balaban J connectivity index is 1.78. The van der Waals surface area contributed by atoms with Gasteiger partial charge in [0.05, 0.1) is 17.5 Å². The highest BCUT2D eigenvalue weighted by atomic mass is 16.6. The third-order valence-corrected chi connectivity index (χ3v) is 5.15. The van der Waals surface area contributed by atoms with Crippen LogP contribution in [0.1, 0.15) is 5.56 Å². The first-order chi connectivity index (χ1) is 14.6. The normalized spacial score (nSPS) is 10.7. The van der Waals surface area contributed by atoms with Crippen molar-refractivity contribution in [2.24, 2.45) is 14.1 Å². The molecule has 0 radical (unpaired) electrons. The average molecular weight is 400 g/mol. The molecule has 3 aromatic carbocycles. The lowest BCUT2D eigenvalue weighted by atomic mass is 10.1. The highest BCUT2D eigenvalue weighted by Gasteiger charge is 2.30. The molecular weight excluding hydrogens is 378 g/mol. The Morgan fingerprint density at radius 1 is 0.900 bits per heavy atom. The molecule has 0 aliphatic heterocycles. The Labute approximate surface area is 174 Å². The van der Waals surface area contributed by atoms with Crippen LogP contribution >= 0.6 is 0 Å². The summed E-state index contributed by atoms with van der Waals surface area (Å²) in [6.45, 7) is 0.307. The van der Waals surface area contributed by atoms with Gasteiger partial charge in [-0.3, -0.25) is 10.1 Å². The molecule has 4 rings (SSSR count). The number of nitro groups is 1. The minimum absolute atomic E-state index is 0.0693. The number of benzene rings is 3. The van der Waals surface area contributed by atoms with E-state index in [9.17, 15) is 10.1 Å². The summed E-state index contributed by atoms with van der Waals surface area (Å²) in [5.41, 5.74) is 4.98. The summed E-state index contributed by atoms with van der Waals surface area (Å²) in [7, 11) is 4.01. The van der Waals surface area contributed by atoms with Gasteiger partial charge >= 0.3 is 0 Å². The first kappa shape index (κ1) is 19.4. The lowest BCUT2D eigenvalue weighted by molar-refractivity contribution is -0.740. The maximum atomic E-state index is 10.9. The van der Waals surface area contributed by atoms with Gasteiger partial charge in [-0.15, -0.1) is 4.68 Å². The van der Waals surface area contributed by atoms with Crippen molar-refractivity contribution in [1.29, 1.82) is 0 Å². The monoisotopic (exact) mass is 400 g/mol. The Hall–Kier alpha value is -3.93. The fraction of sp³-hybridized carbons (Fsp3) is 0.125. The molecule has 6 heteroatoms. The molecule has 1 aromatic heterocycles. The second-order valence-electron chi connectivity index (χ2n) is 7.02. The van der Waals surface area contributed by atoms with Crippen molar-refractivity contribution in [2.75, 3.05) is 0 Å². The van der Waals surface area contributed by atoms with Gasteiger partial charge in [0.25, 0.3) is 11.4 Å². The summed E-state index contributed by atoms with van der Waals surface area (Å²) >= 11 is 0. The molecule has 0 N–H and O–H groups in total. The van der Waals surface area contributed by atoms with Crippen LogP contribution in [0.2, 0.25) is 0 Å². The van der Waals surface area contributed by atoms with Crippen molar-refractivity contribution >= 4 is 5.69 Å². The highest BCUT2D eigenvalue weighted by Crippen LogP contribution is 2.37. The minimum Gasteiger partial charge on any atom is -0.480 e. The van der Waals surface area contributed by atoms with Crippen LogP contribution in [-0.4, -0.2) is 9.61 Å². The quantitative estimate of drug-likeness (QED) is 0.268. The molecule has 0 aliphatic carbocycles. The average Bonchev–Trinajstić information content (AvgIpc) is 3.03. The highest BCUT2D eigenvalue weighted by molar-refractivity contribution is 5.76. The van der Waals surface area contributed by atoms with E-state index in [1.54, 1.807) is 12.1 Å². The number of hydrogen-bond donors (Lipinski definition) is 0. The van der Waals surface area contributed by atoms with Gasteiger partial charge < -0.3 is 4.74 Å². The minimum atomic E-state index is -0.400. The summed E-state index contributed by atoms with van der Waals surface area (Å²) in [5.74, 6) is 0.774. The predicted molar refractivity (Wildman–Crippen MR) is 115 cm³/mol. The van der Waals surface area contributed by atoms with Crippen molar-refractivity contribution < 1.29 is 14.3 Å². The zero-order valence-electron chi connectivity index (χ0n) is 16.9. The van der Waals surface area contributed by atoms with Gasteiger partial charge in [-0.05, 0) is 29.8 Å². The van der Waals surface area contributed by atoms with Gasteiger partial charge in [-0.25, -0.2) is 0 Å². The molecule has 0 saturated heterocycles. The van der Waals surface area contributed by atoms with Crippen molar-refractivity contribution in [3.63, 3.8) is 0 Å². The largest absolute Gasteiger partial charge is 0.480 e. The van der Waals surface area contributed by atoms with Crippen molar-refractivity contribution in [1.82, 2.24) is 4.68 Å². The summed E-state index contributed by atoms with van der Waals surface area (Å²) in [6.07, 6.45) is 0. The third kappa shape index (κ3) is 3.67. The molecule has 6 nitrogen and oxygen atoms in total. The second kappa shape index (κ2) is 8.21. The molecular formula is C24H22N3O3+. The van der Waals surface area contributed by atoms with E-state index in [1.165, 1.54) is 12.1 Å². The number of aromatic nitrogens is 2. The molecule has 0 aliphatic rings. The van der Waals surface area contributed by atoms with Crippen molar-refractivity contribution in [3.8, 4) is 28.3 Å². The Kier molecular flexibility index (Phi) is 5.30. The summed E-state index contributed by atoms with van der Waals surface area (Å²) < 4.78 is 10.5. The number of nitrogens with zero attached hydrogens (tertiary/aromatic N) is 3. The number of ether oxygens (including phenoxy) is 1. The molecule has 1 heterocycles. The summed E-state index contributed by atoms with van der Waals surface area (Å²) in [5, 5.41) is 10.9. The van der Waals surface area contributed by atoms with Crippen LogP contribution in [0, 0.1) is 10.1 Å². The van der Waals surface area contributed by atoms with Gasteiger partial charge in [0.15, 0.2) is 12.7 Å². The fourth-order valence-corrected chi connectivity index (χ4v) is 3.54. The third-order valence-electron chi connectivity index (χ3n) is 5.15. The molecule has 4 aromatic rings. The fourth-order valence-electron chi connectivity index (χ4n) is 3.54. The van der Waals surface area contributed by atoms with E-state index in [0.717, 1.165) is 33.8 Å². The Morgan fingerprint density at radius 3 is 2.03 bits per heavy atom. The second-order valence-corrected chi connectivity index (χ2v) is 7.02. The lowest BCUT2D eigenvalue weighted by Gasteiger charge is -2.08. The Morgan fingerprint density at radius 2 is 1.47 bits per heavy atom. The van der Waals surface area contributed by atoms with Crippen LogP contribution in [0.5, 0.6) is 5.75 Å². The van der Waals surface area contributed by atoms with Crippen LogP contribution in [0.15, 0.2) is 84.9 Å². The Bertz CT molecular complexity index is 1110. The van der Waals surface area contributed by atoms with Gasteiger partial charge in [-0.1, -0.05) is 48.5 Å². The maximum Gasteiger partial charge on any atom is 0.280 e. The zero-order valence-corrected chi connectivity index (χ0v) is 16.9. The standard InChI is InChI=1S/C24H22N3O3/c1-25-22(19-9-5-3-6-10-19)24(23(26(25)2)20-11-7-4-8-12-20)30-17-18-13-15-21(16-14-18)27(28)29/h3-16H,17H2,1-2H3/q+1. The van der Waals surface area contributed by atoms with E-state index < -0.39 is 4.92 Å². The molecule has 0 bridgehead atoms. The zero-order chi connectivity index (χ0) is 21.1. The first-order valence-electron chi connectivity index (χ1n) is 9.62. The van der Waals surface area contributed by atoms with Crippen LogP contribution < -0.4 is 9.42 Å². The molecule has 0 spiro atoms. The summed E-state index contributed by atoms with van der Waals surface area (Å²) in [4.78, 5) is 10.5. The van der Waals surface area contributed by atoms with E-state index >= 15 is 0 Å². The van der Waals surface area contributed by atoms with Gasteiger partial charge in [0, 0.05) is 17.7 Å². The molecule has 150 valence electrons. The van der Waals surface area contributed by atoms with Crippen LogP contribution in [0.25, 0.3) is 22.5 Å². The van der Waals surface area contributed by atoms with E-state index in [4.69, 9.17) is 4.74 Å². The van der Waals surface area contributed by atoms with Crippen molar-refractivity contribution in [2.45, 2.75) is 6.61 Å². The molecule has 0 fully saturated rings. The number of non-ortho nitro benzene ring substituents is 1. The molecule has 0 saturated carbocycles. The molecule has 0 amide bonds. The van der Waals surface area contributed by atoms with E-state index in [-0.39, 0.29) is 5.69 Å². The molecule has 0 atom stereocenters. The topological polar surface area (TPSA) is 61.2 Å². The van der Waals surface area contributed by atoms with E-state index in [2.05, 4.69) is 33.6 Å². The van der Waals surface area contributed by atoms with E-state index in [1.807, 2.05) is 50.5 Å². The predicted octanol–water partition coefficient (Wildman–Crippen LogP) is 4.67. The lowest BCUT2D eigenvalue weighted by Crippen LogP contribution is -2.39. The maximum absolute atomic E-state index is 10.9.